The smallest absolute Gasteiger partial charge is 0.126 e. The molecule has 1 aromatic carbocycles. The van der Waals surface area contributed by atoms with E-state index in [0.29, 0.717) is 17.7 Å². The summed E-state index contributed by atoms with van der Waals surface area (Å²) < 4.78 is 13.6. The Labute approximate surface area is 108 Å². The van der Waals surface area contributed by atoms with E-state index in [1.54, 1.807) is 19.9 Å². The summed E-state index contributed by atoms with van der Waals surface area (Å²) in [6.45, 7) is 7.80. The van der Waals surface area contributed by atoms with E-state index in [4.69, 9.17) is 5.11 Å². The van der Waals surface area contributed by atoms with Gasteiger partial charge in [0.05, 0.1) is 12.7 Å². The van der Waals surface area contributed by atoms with Crippen molar-refractivity contribution >= 4 is 5.69 Å². The van der Waals surface area contributed by atoms with Crippen LogP contribution in [-0.4, -0.2) is 29.4 Å². The molecule has 0 amide bonds. The van der Waals surface area contributed by atoms with Crippen molar-refractivity contribution in [2.24, 2.45) is 0 Å². The van der Waals surface area contributed by atoms with Crippen molar-refractivity contribution in [1.82, 2.24) is 0 Å². The van der Waals surface area contributed by atoms with Crippen LogP contribution in [0.2, 0.25) is 0 Å². The van der Waals surface area contributed by atoms with E-state index in [9.17, 15) is 9.50 Å². The third-order valence-corrected chi connectivity index (χ3v) is 3.03. The molecule has 0 saturated heterocycles. The lowest BCUT2D eigenvalue weighted by atomic mass is 10.0. The van der Waals surface area contributed by atoms with E-state index in [-0.39, 0.29) is 18.5 Å². The Hall–Kier alpha value is -1.13. The molecule has 0 aliphatic heterocycles. The van der Waals surface area contributed by atoms with Crippen LogP contribution in [0.4, 0.5) is 10.1 Å². The van der Waals surface area contributed by atoms with Crippen LogP contribution >= 0.6 is 0 Å². The first kappa shape index (κ1) is 14.9. The molecule has 0 saturated carbocycles. The second kappa shape index (κ2) is 6.16. The molecule has 0 radical (unpaired) electrons. The largest absolute Gasteiger partial charge is 0.395 e. The molecular formula is C14H22FNO2. The zero-order valence-electron chi connectivity index (χ0n) is 11.4. The number of rotatable bonds is 5. The molecule has 4 heteroatoms. The minimum atomic E-state index is -0.741. The number of nitrogens with zero attached hydrogens (tertiary/aromatic N) is 1. The fourth-order valence-electron chi connectivity index (χ4n) is 2.03. The highest BCUT2D eigenvalue weighted by Gasteiger charge is 2.18. The molecular weight excluding hydrogens is 233 g/mol. The Balaban J connectivity index is 3.30. The van der Waals surface area contributed by atoms with Gasteiger partial charge >= 0.3 is 0 Å². The monoisotopic (exact) mass is 255 g/mol. The van der Waals surface area contributed by atoms with Crippen molar-refractivity contribution < 1.29 is 14.6 Å². The zero-order chi connectivity index (χ0) is 13.9. The predicted octanol–water partition coefficient (Wildman–Crippen LogP) is 2.39. The van der Waals surface area contributed by atoms with Crippen molar-refractivity contribution in [3.63, 3.8) is 0 Å². The van der Waals surface area contributed by atoms with Crippen molar-refractivity contribution in [1.29, 1.82) is 0 Å². The van der Waals surface area contributed by atoms with Gasteiger partial charge in [-0.15, -0.1) is 0 Å². The summed E-state index contributed by atoms with van der Waals surface area (Å²) in [6.07, 6.45) is -0.741. The summed E-state index contributed by atoms with van der Waals surface area (Å²) in [5.41, 5.74) is 1.88. The summed E-state index contributed by atoms with van der Waals surface area (Å²) in [7, 11) is 0. The van der Waals surface area contributed by atoms with Crippen LogP contribution in [0.1, 0.15) is 38.0 Å². The van der Waals surface area contributed by atoms with Crippen LogP contribution < -0.4 is 4.90 Å². The van der Waals surface area contributed by atoms with E-state index < -0.39 is 6.10 Å². The molecule has 0 aliphatic rings. The highest BCUT2D eigenvalue weighted by atomic mass is 19.1. The van der Waals surface area contributed by atoms with E-state index in [0.717, 1.165) is 5.69 Å². The molecule has 102 valence electrons. The van der Waals surface area contributed by atoms with Crippen LogP contribution in [0.15, 0.2) is 12.1 Å². The number of halogens is 1. The first-order valence-electron chi connectivity index (χ1n) is 6.24. The molecule has 1 aromatic rings. The second-order valence-electron chi connectivity index (χ2n) is 4.85. The maximum atomic E-state index is 13.6. The van der Waals surface area contributed by atoms with E-state index in [1.807, 2.05) is 18.7 Å². The molecule has 1 unspecified atom stereocenters. The van der Waals surface area contributed by atoms with Gasteiger partial charge in [-0.25, -0.2) is 4.39 Å². The van der Waals surface area contributed by atoms with Gasteiger partial charge in [0.15, 0.2) is 0 Å². The van der Waals surface area contributed by atoms with Gasteiger partial charge in [-0.2, -0.15) is 0 Å². The predicted molar refractivity (Wildman–Crippen MR) is 71.3 cm³/mol. The van der Waals surface area contributed by atoms with Gasteiger partial charge in [0, 0.05) is 23.8 Å². The minimum Gasteiger partial charge on any atom is -0.395 e. The fourth-order valence-corrected chi connectivity index (χ4v) is 2.03. The average Bonchev–Trinajstić information content (AvgIpc) is 2.28. The lowest BCUT2D eigenvalue weighted by Gasteiger charge is -2.31. The Bertz CT molecular complexity index is 405. The highest BCUT2D eigenvalue weighted by Crippen LogP contribution is 2.30. The number of benzene rings is 1. The SMILES string of the molecule is Cc1cc(N(CCO)C(C)C)c(C(C)O)cc1F. The highest BCUT2D eigenvalue weighted by molar-refractivity contribution is 5.57. The molecule has 0 spiro atoms. The number of aliphatic hydroxyl groups is 2. The van der Waals surface area contributed by atoms with Crippen LogP contribution in [0.3, 0.4) is 0 Å². The number of anilines is 1. The summed E-state index contributed by atoms with van der Waals surface area (Å²) in [6, 6.07) is 3.27. The van der Waals surface area contributed by atoms with Crippen LogP contribution in [0.25, 0.3) is 0 Å². The van der Waals surface area contributed by atoms with E-state index in [2.05, 4.69) is 0 Å². The van der Waals surface area contributed by atoms with Crippen molar-refractivity contribution in [3.8, 4) is 0 Å². The second-order valence-corrected chi connectivity index (χ2v) is 4.85. The van der Waals surface area contributed by atoms with Gasteiger partial charge in [-0.3, -0.25) is 0 Å². The summed E-state index contributed by atoms with van der Waals surface area (Å²) >= 11 is 0. The van der Waals surface area contributed by atoms with Gasteiger partial charge in [0.25, 0.3) is 0 Å². The fraction of sp³-hybridized carbons (Fsp3) is 0.571. The van der Waals surface area contributed by atoms with E-state index in [1.165, 1.54) is 6.07 Å². The van der Waals surface area contributed by atoms with Crippen molar-refractivity contribution in [2.75, 3.05) is 18.1 Å². The molecule has 1 rings (SSSR count). The maximum Gasteiger partial charge on any atom is 0.126 e. The molecule has 0 fully saturated rings. The average molecular weight is 255 g/mol. The Morgan fingerprint density at radius 2 is 1.89 bits per heavy atom. The van der Waals surface area contributed by atoms with Gasteiger partial charge in [0.2, 0.25) is 0 Å². The first-order chi connectivity index (χ1) is 8.38. The molecule has 18 heavy (non-hydrogen) atoms. The normalized spacial score (nSPS) is 12.9. The summed E-state index contributed by atoms with van der Waals surface area (Å²) in [5, 5.41) is 18.9. The third-order valence-electron chi connectivity index (χ3n) is 3.03. The topological polar surface area (TPSA) is 43.7 Å². The lowest BCUT2D eigenvalue weighted by molar-refractivity contribution is 0.198. The quantitative estimate of drug-likeness (QED) is 0.849. The number of hydrogen-bond acceptors (Lipinski definition) is 3. The van der Waals surface area contributed by atoms with E-state index >= 15 is 0 Å². The van der Waals surface area contributed by atoms with Gasteiger partial charge in [-0.05, 0) is 45.4 Å². The van der Waals surface area contributed by atoms with Gasteiger partial charge in [-0.1, -0.05) is 0 Å². The molecule has 0 heterocycles. The summed E-state index contributed by atoms with van der Waals surface area (Å²) in [5.74, 6) is -0.317. The zero-order valence-corrected chi connectivity index (χ0v) is 11.4. The van der Waals surface area contributed by atoms with Crippen LogP contribution in [0, 0.1) is 12.7 Å². The van der Waals surface area contributed by atoms with Crippen molar-refractivity contribution in [3.05, 3.63) is 29.1 Å². The molecule has 0 aliphatic carbocycles. The number of aryl methyl sites for hydroxylation is 1. The van der Waals surface area contributed by atoms with Crippen molar-refractivity contribution in [2.45, 2.75) is 39.8 Å². The van der Waals surface area contributed by atoms with Crippen LogP contribution in [-0.2, 0) is 0 Å². The Kier molecular flexibility index (Phi) is 5.11. The van der Waals surface area contributed by atoms with Gasteiger partial charge in [0.1, 0.15) is 5.82 Å². The molecule has 2 N–H and O–H groups in total. The number of hydrogen-bond donors (Lipinski definition) is 2. The lowest BCUT2D eigenvalue weighted by Crippen LogP contribution is -2.34. The molecule has 1 atom stereocenters. The molecule has 0 aromatic heterocycles. The maximum absolute atomic E-state index is 13.6. The first-order valence-corrected chi connectivity index (χ1v) is 6.24. The standard InChI is InChI=1S/C14H22FNO2/c1-9(2)16(5-6-17)14-7-10(3)13(15)8-12(14)11(4)18/h7-9,11,17-18H,5-6H2,1-4H3. The Morgan fingerprint density at radius 3 is 2.33 bits per heavy atom. The third kappa shape index (κ3) is 3.21. The van der Waals surface area contributed by atoms with Gasteiger partial charge < -0.3 is 15.1 Å². The Morgan fingerprint density at radius 1 is 1.28 bits per heavy atom. The summed E-state index contributed by atoms with van der Waals surface area (Å²) in [4.78, 5) is 1.97. The number of aliphatic hydroxyl groups excluding tert-OH is 2. The minimum absolute atomic E-state index is 0.0217. The molecule has 0 bridgehead atoms. The molecule has 3 nitrogen and oxygen atoms in total. The van der Waals surface area contributed by atoms with Crippen LogP contribution in [0.5, 0.6) is 0 Å².